The summed E-state index contributed by atoms with van der Waals surface area (Å²) < 4.78 is 0. The molecule has 0 saturated carbocycles. The quantitative estimate of drug-likeness (QED) is 0.628. The Morgan fingerprint density at radius 1 is 1.50 bits per heavy atom. The number of amides is 1. The van der Waals surface area contributed by atoms with Gasteiger partial charge in [0, 0.05) is 25.9 Å². The minimum atomic E-state index is -0.212. The average Bonchev–Trinajstić information content (AvgIpc) is 2.14. The highest BCUT2D eigenvalue weighted by atomic mass is 32.2. The number of rotatable bonds is 3. The van der Waals surface area contributed by atoms with Crippen LogP contribution in [-0.2, 0) is 4.79 Å². The van der Waals surface area contributed by atoms with Gasteiger partial charge in [-0.3, -0.25) is 4.79 Å². The minimum absolute atomic E-state index is 0.0358. The summed E-state index contributed by atoms with van der Waals surface area (Å²) in [5.41, 5.74) is 6.42. The van der Waals surface area contributed by atoms with E-state index in [0.29, 0.717) is 11.0 Å². The number of aromatic nitrogens is 2. The zero-order valence-corrected chi connectivity index (χ0v) is 10.7. The molecule has 0 spiro atoms. The van der Waals surface area contributed by atoms with E-state index in [1.807, 2.05) is 13.8 Å². The number of nitrogen functional groups attached to an aromatic ring is 1. The Morgan fingerprint density at radius 3 is 2.62 bits per heavy atom. The van der Waals surface area contributed by atoms with Gasteiger partial charge in [0.2, 0.25) is 5.91 Å². The van der Waals surface area contributed by atoms with E-state index >= 15 is 0 Å². The first kappa shape index (κ1) is 12.8. The summed E-state index contributed by atoms with van der Waals surface area (Å²) >= 11 is 1.31. The van der Waals surface area contributed by atoms with Crippen LogP contribution in [0.25, 0.3) is 0 Å². The highest BCUT2D eigenvalue weighted by molar-refractivity contribution is 8.00. The third-order valence-corrected chi connectivity index (χ3v) is 2.87. The Labute approximate surface area is 99.4 Å². The predicted octanol–water partition coefficient (Wildman–Crippen LogP) is 0.936. The van der Waals surface area contributed by atoms with Gasteiger partial charge in [-0.05, 0) is 13.8 Å². The Kier molecular flexibility index (Phi) is 4.12. The Morgan fingerprint density at radius 2 is 2.12 bits per heavy atom. The van der Waals surface area contributed by atoms with Crippen LogP contribution in [0.5, 0.6) is 0 Å². The maximum atomic E-state index is 11.6. The van der Waals surface area contributed by atoms with E-state index in [-0.39, 0.29) is 11.2 Å². The summed E-state index contributed by atoms with van der Waals surface area (Å²) in [6.45, 7) is 3.68. The third-order valence-electron chi connectivity index (χ3n) is 1.92. The number of thioether (sulfide) groups is 1. The maximum Gasteiger partial charge on any atom is 0.235 e. The van der Waals surface area contributed by atoms with Crippen molar-refractivity contribution in [1.29, 1.82) is 0 Å². The molecule has 6 heteroatoms. The van der Waals surface area contributed by atoms with E-state index in [4.69, 9.17) is 5.73 Å². The van der Waals surface area contributed by atoms with Crippen LogP contribution >= 0.6 is 11.8 Å². The van der Waals surface area contributed by atoms with Crippen LogP contribution in [0.1, 0.15) is 12.6 Å². The van der Waals surface area contributed by atoms with Crippen molar-refractivity contribution in [3.63, 3.8) is 0 Å². The second kappa shape index (κ2) is 5.16. The minimum Gasteiger partial charge on any atom is -0.384 e. The second-order valence-electron chi connectivity index (χ2n) is 3.71. The van der Waals surface area contributed by atoms with Crippen molar-refractivity contribution in [2.75, 3.05) is 19.8 Å². The molecule has 0 aromatic carbocycles. The molecule has 1 rings (SSSR count). The molecule has 0 bridgehead atoms. The fourth-order valence-corrected chi connectivity index (χ4v) is 2.17. The van der Waals surface area contributed by atoms with Crippen molar-refractivity contribution in [1.82, 2.24) is 14.9 Å². The van der Waals surface area contributed by atoms with Crippen LogP contribution in [0.2, 0.25) is 0 Å². The van der Waals surface area contributed by atoms with Gasteiger partial charge in [-0.15, -0.1) is 0 Å². The molecule has 0 saturated heterocycles. The molecule has 1 heterocycles. The van der Waals surface area contributed by atoms with E-state index in [1.165, 1.54) is 11.8 Å². The van der Waals surface area contributed by atoms with Gasteiger partial charge >= 0.3 is 0 Å². The average molecular weight is 240 g/mol. The topological polar surface area (TPSA) is 72.1 Å². The molecule has 0 aliphatic heterocycles. The molecule has 1 atom stereocenters. The number of nitrogens with zero attached hydrogens (tertiary/aromatic N) is 3. The molecule has 88 valence electrons. The third kappa shape index (κ3) is 3.37. The number of carbonyl (C=O) groups is 1. The van der Waals surface area contributed by atoms with Gasteiger partial charge in [0.1, 0.15) is 5.82 Å². The standard InChI is InChI=1S/C10H16N4OS/c1-6-5-8(11)13-10(12-6)16-7(2)9(15)14(3)4/h5,7H,1-4H3,(H2,11,12,13)/t7-/m1/s1. The van der Waals surface area contributed by atoms with Crippen molar-refractivity contribution in [3.8, 4) is 0 Å². The lowest BCUT2D eigenvalue weighted by molar-refractivity contribution is -0.127. The molecule has 1 aromatic rings. The number of anilines is 1. The van der Waals surface area contributed by atoms with Crippen molar-refractivity contribution >= 4 is 23.5 Å². The first-order valence-electron chi connectivity index (χ1n) is 4.89. The molecular weight excluding hydrogens is 224 g/mol. The molecule has 0 aliphatic rings. The van der Waals surface area contributed by atoms with E-state index in [2.05, 4.69) is 9.97 Å². The van der Waals surface area contributed by atoms with Crippen molar-refractivity contribution < 1.29 is 4.79 Å². The Bertz CT molecular complexity index is 374. The summed E-state index contributed by atoms with van der Waals surface area (Å²) in [6, 6.07) is 1.70. The van der Waals surface area contributed by atoms with Gasteiger partial charge in [0.15, 0.2) is 5.16 Å². The number of hydrogen-bond donors (Lipinski definition) is 1. The lowest BCUT2D eigenvalue weighted by Gasteiger charge is -2.15. The monoisotopic (exact) mass is 240 g/mol. The zero-order chi connectivity index (χ0) is 12.3. The Balaban J connectivity index is 2.76. The van der Waals surface area contributed by atoms with Gasteiger partial charge in [-0.2, -0.15) is 0 Å². The first-order chi connectivity index (χ1) is 7.40. The van der Waals surface area contributed by atoms with Gasteiger partial charge in [0.25, 0.3) is 0 Å². The summed E-state index contributed by atoms with van der Waals surface area (Å²) in [5, 5.41) is 0.330. The summed E-state index contributed by atoms with van der Waals surface area (Å²) in [4.78, 5) is 21.5. The van der Waals surface area contributed by atoms with Crippen LogP contribution in [-0.4, -0.2) is 40.1 Å². The number of carbonyl (C=O) groups excluding carboxylic acids is 1. The van der Waals surface area contributed by atoms with Gasteiger partial charge in [-0.25, -0.2) is 9.97 Å². The summed E-state index contributed by atoms with van der Waals surface area (Å²) in [7, 11) is 3.45. The van der Waals surface area contributed by atoms with Crippen molar-refractivity contribution in [2.45, 2.75) is 24.3 Å². The van der Waals surface area contributed by atoms with Gasteiger partial charge in [0.05, 0.1) is 5.25 Å². The van der Waals surface area contributed by atoms with E-state index in [0.717, 1.165) is 5.69 Å². The van der Waals surface area contributed by atoms with Gasteiger partial charge < -0.3 is 10.6 Å². The van der Waals surface area contributed by atoms with Crippen molar-refractivity contribution in [3.05, 3.63) is 11.8 Å². The van der Waals surface area contributed by atoms with Crippen LogP contribution in [0.4, 0.5) is 5.82 Å². The molecule has 1 aromatic heterocycles. The number of hydrogen-bond acceptors (Lipinski definition) is 5. The smallest absolute Gasteiger partial charge is 0.235 e. The van der Waals surface area contributed by atoms with Crippen LogP contribution in [0.3, 0.4) is 0 Å². The molecule has 0 radical (unpaired) electrons. The summed E-state index contributed by atoms with van der Waals surface area (Å²) in [6.07, 6.45) is 0. The highest BCUT2D eigenvalue weighted by Gasteiger charge is 2.17. The number of aryl methyl sites for hydroxylation is 1. The lowest BCUT2D eigenvalue weighted by atomic mass is 10.4. The predicted molar refractivity (Wildman–Crippen MR) is 65.2 cm³/mol. The van der Waals surface area contributed by atoms with Crippen LogP contribution in [0, 0.1) is 6.92 Å². The molecule has 5 nitrogen and oxygen atoms in total. The zero-order valence-electron chi connectivity index (χ0n) is 9.89. The van der Waals surface area contributed by atoms with E-state index in [1.54, 1.807) is 25.1 Å². The normalized spacial score (nSPS) is 12.2. The second-order valence-corrected chi connectivity index (χ2v) is 5.02. The fraction of sp³-hybridized carbons (Fsp3) is 0.500. The van der Waals surface area contributed by atoms with Gasteiger partial charge in [-0.1, -0.05) is 11.8 Å². The SMILES string of the molecule is Cc1cc(N)nc(S[C@H](C)C(=O)N(C)C)n1. The lowest BCUT2D eigenvalue weighted by Crippen LogP contribution is -2.29. The molecule has 2 N–H and O–H groups in total. The van der Waals surface area contributed by atoms with E-state index < -0.39 is 0 Å². The molecule has 0 unspecified atom stereocenters. The van der Waals surface area contributed by atoms with Crippen LogP contribution < -0.4 is 5.73 Å². The molecule has 0 aliphatic carbocycles. The number of nitrogens with two attached hydrogens (primary N) is 1. The molecular formula is C10H16N4OS. The van der Waals surface area contributed by atoms with Crippen LogP contribution in [0.15, 0.2) is 11.2 Å². The molecule has 1 amide bonds. The highest BCUT2D eigenvalue weighted by Crippen LogP contribution is 2.21. The summed E-state index contributed by atoms with van der Waals surface area (Å²) in [5.74, 6) is 0.466. The largest absolute Gasteiger partial charge is 0.384 e. The van der Waals surface area contributed by atoms with E-state index in [9.17, 15) is 4.79 Å². The maximum absolute atomic E-state index is 11.6. The first-order valence-corrected chi connectivity index (χ1v) is 5.77. The molecule has 16 heavy (non-hydrogen) atoms. The fourth-order valence-electron chi connectivity index (χ4n) is 1.19. The van der Waals surface area contributed by atoms with Crippen molar-refractivity contribution in [2.24, 2.45) is 0 Å². The Hall–Kier alpha value is -1.30. The molecule has 0 fully saturated rings.